The minimum atomic E-state index is -3.40. The molecule has 0 aromatic heterocycles. The van der Waals surface area contributed by atoms with Gasteiger partial charge in [-0.1, -0.05) is 25.4 Å². The molecule has 2 aliphatic rings. The van der Waals surface area contributed by atoms with Crippen LogP contribution in [0.15, 0.2) is 29.2 Å². The molecule has 3 rings (SSSR count). The maximum absolute atomic E-state index is 12.8. The van der Waals surface area contributed by atoms with Crippen molar-refractivity contribution in [2.45, 2.75) is 44.0 Å². The summed E-state index contributed by atoms with van der Waals surface area (Å²) in [5.74, 6) is 1.48. The molecule has 2 saturated heterocycles. The second kappa shape index (κ2) is 7.32. The molecule has 6 heteroatoms. The maximum Gasteiger partial charge on any atom is 0.243 e. The van der Waals surface area contributed by atoms with E-state index in [9.17, 15) is 8.42 Å². The van der Waals surface area contributed by atoms with Gasteiger partial charge in [0.1, 0.15) is 0 Å². The standard InChI is InChI=1S/C18H27ClN2O2S/c1-14-11-15(2)13-20(12-14)17-7-9-21(10-8-17)24(22,23)18-5-3-16(19)4-6-18/h3-6,14-15,17H,7-13H2,1-2H3/t14-,15+. The minimum absolute atomic E-state index is 0.338. The van der Waals surface area contributed by atoms with E-state index in [2.05, 4.69) is 18.7 Å². The highest BCUT2D eigenvalue weighted by atomic mass is 35.5. The average Bonchev–Trinajstić information content (AvgIpc) is 2.54. The number of likely N-dealkylation sites (tertiary alicyclic amines) is 1. The zero-order chi connectivity index (χ0) is 17.3. The molecule has 0 amide bonds. The Hall–Kier alpha value is -0.620. The Morgan fingerprint density at radius 1 is 1.00 bits per heavy atom. The van der Waals surface area contributed by atoms with Gasteiger partial charge in [0.15, 0.2) is 0 Å². The van der Waals surface area contributed by atoms with E-state index < -0.39 is 10.0 Å². The first-order valence-electron chi connectivity index (χ1n) is 8.86. The van der Waals surface area contributed by atoms with Gasteiger partial charge in [-0.2, -0.15) is 4.31 Å². The second-order valence-corrected chi connectivity index (χ2v) is 9.86. The first-order valence-corrected chi connectivity index (χ1v) is 10.7. The van der Waals surface area contributed by atoms with Crippen LogP contribution in [0.1, 0.15) is 33.1 Å². The highest BCUT2D eigenvalue weighted by Gasteiger charge is 2.33. The molecule has 0 aliphatic carbocycles. The topological polar surface area (TPSA) is 40.6 Å². The number of hydrogen-bond acceptors (Lipinski definition) is 3. The summed E-state index contributed by atoms with van der Waals surface area (Å²) in [6, 6.07) is 6.98. The molecule has 134 valence electrons. The average molecular weight is 371 g/mol. The van der Waals surface area contributed by atoms with Crippen molar-refractivity contribution in [3.63, 3.8) is 0 Å². The number of halogens is 1. The molecule has 1 aromatic rings. The number of nitrogens with zero attached hydrogens (tertiary/aromatic N) is 2. The molecule has 2 heterocycles. The van der Waals surface area contributed by atoms with E-state index in [4.69, 9.17) is 11.6 Å². The predicted molar refractivity (Wildman–Crippen MR) is 97.8 cm³/mol. The van der Waals surface area contributed by atoms with Crippen LogP contribution in [0.5, 0.6) is 0 Å². The Morgan fingerprint density at radius 2 is 1.54 bits per heavy atom. The van der Waals surface area contributed by atoms with E-state index >= 15 is 0 Å². The summed E-state index contributed by atoms with van der Waals surface area (Å²) in [6.45, 7) is 8.16. The van der Waals surface area contributed by atoms with Crippen molar-refractivity contribution in [1.82, 2.24) is 9.21 Å². The lowest BCUT2D eigenvalue weighted by Crippen LogP contribution is -2.50. The van der Waals surface area contributed by atoms with Gasteiger partial charge in [-0.25, -0.2) is 8.42 Å². The van der Waals surface area contributed by atoms with Crippen molar-refractivity contribution in [1.29, 1.82) is 0 Å². The fourth-order valence-electron chi connectivity index (χ4n) is 4.21. The van der Waals surface area contributed by atoms with E-state index in [0.717, 1.165) is 37.8 Å². The van der Waals surface area contributed by atoms with Crippen LogP contribution in [0.4, 0.5) is 0 Å². The molecular formula is C18H27ClN2O2S. The van der Waals surface area contributed by atoms with Crippen LogP contribution in [0.3, 0.4) is 0 Å². The van der Waals surface area contributed by atoms with E-state index in [1.165, 1.54) is 6.42 Å². The fraction of sp³-hybridized carbons (Fsp3) is 0.667. The molecule has 0 spiro atoms. The lowest BCUT2D eigenvalue weighted by molar-refractivity contribution is 0.0689. The van der Waals surface area contributed by atoms with Crippen molar-refractivity contribution in [3.8, 4) is 0 Å². The Morgan fingerprint density at radius 3 is 2.08 bits per heavy atom. The van der Waals surface area contributed by atoms with Gasteiger partial charge in [-0.15, -0.1) is 0 Å². The smallest absolute Gasteiger partial charge is 0.243 e. The normalized spacial score (nSPS) is 28.1. The Balaban J connectivity index is 1.63. The molecule has 0 radical (unpaired) electrons. The summed E-state index contributed by atoms with van der Waals surface area (Å²) in [5.41, 5.74) is 0. The van der Waals surface area contributed by atoms with Gasteiger partial charge in [0.25, 0.3) is 0 Å². The Kier molecular flexibility index (Phi) is 5.55. The molecule has 2 atom stereocenters. The highest BCUT2D eigenvalue weighted by molar-refractivity contribution is 7.89. The molecule has 0 unspecified atom stereocenters. The van der Waals surface area contributed by atoms with Crippen LogP contribution in [0.25, 0.3) is 0 Å². The van der Waals surface area contributed by atoms with Crippen molar-refractivity contribution in [2.75, 3.05) is 26.2 Å². The van der Waals surface area contributed by atoms with Crippen molar-refractivity contribution in [3.05, 3.63) is 29.3 Å². The van der Waals surface area contributed by atoms with E-state index in [1.807, 2.05) is 0 Å². The highest BCUT2D eigenvalue weighted by Crippen LogP contribution is 2.28. The number of sulfonamides is 1. The molecular weight excluding hydrogens is 344 g/mol. The Labute approximate surface area is 150 Å². The third kappa shape index (κ3) is 3.96. The van der Waals surface area contributed by atoms with Gasteiger partial charge in [0.05, 0.1) is 4.90 Å². The summed E-state index contributed by atoms with van der Waals surface area (Å²) >= 11 is 5.86. The van der Waals surface area contributed by atoms with Gasteiger partial charge >= 0.3 is 0 Å². The molecule has 4 nitrogen and oxygen atoms in total. The van der Waals surface area contributed by atoms with Gasteiger partial charge in [0.2, 0.25) is 10.0 Å². The zero-order valence-corrected chi connectivity index (χ0v) is 16.1. The first kappa shape index (κ1) is 18.2. The molecule has 24 heavy (non-hydrogen) atoms. The third-order valence-electron chi connectivity index (χ3n) is 5.29. The minimum Gasteiger partial charge on any atom is -0.300 e. The van der Waals surface area contributed by atoms with Crippen LogP contribution >= 0.6 is 11.6 Å². The first-order chi connectivity index (χ1) is 11.4. The maximum atomic E-state index is 12.8. The van der Waals surface area contributed by atoms with Crippen LogP contribution in [-0.4, -0.2) is 49.8 Å². The SMILES string of the molecule is C[C@@H]1C[C@H](C)CN(C2CCN(S(=O)(=O)c3ccc(Cl)cc3)CC2)C1. The Bertz CT molecular complexity index is 644. The number of rotatable bonds is 3. The number of benzene rings is 1. The zero-order valence-electron chi connectivity index (χ0n) is 14.5. The second-order valence-electron chi connectivity index (χ2n) is 7.49. The summed E-state index contributed by atoms with van der Waals surface area (Å²) in [5, 5.41) is 0.556. The largest absolute Gasteiger partial charge is 0.300 e. The van der Waals surface area contributed by atoms with Crippen molar-refractivity contribution >= 4 is 21.6 Å². The van der Waals surface area contributed by atoms with Gasteiger partial charge in [-0.3, -0.25) is 4.90 Å². The van der Waals surface area contributed by atoms with E-state index in [-0.39, 0.29) is 0 Å². The van der Waals surface area contributed by atoms with Crippen LogP contribution in [0, 0.1) is 11.8 Å². The monoisotopic (exact) mass is 370 g/mol. The lowest BCUT2D eigenvalue weighted by atomic mass is 9.89. The van der Waals surface area contributed by atoms with Gasteiger partial charge in [-0.05, 0) is 55.4 Å². The molecule has 0 N–H and O–H groups in total. The molecule has 2 fully saturated rings. The van der Waals surface area contributed by atoms with E-state index in [1.54, 1.807) is 28.6 Å². The summed E-state index contributed by atoms with van der Waals surface area (Å²) in [7, 11) is -3.40. The summed E-state index contributed by atoms with van der Waals surface area (Å²) in [6.07, 6.45) is 3.15. The van der Waals surface area contributed by atoms with Gasteiger partial charge < -0.3 is 0 Å². The fourth-order valence-corrected chi connectivity index (χ4v) is 5.81. The molecule has 0 bridgehead atoms. The van der Waals surface area contributed by atoms with E-state index in [0.29, 0.717) is 29.0 Å². The molecule has 1 aromatic carbocycles. The number of piperidine rings is 2. The summed E-state index contributed by atoms with van der Waals surface area (Å²) in [4.78, 5) is 2.93. The van der Waals surface area contributed by atoms with Gasteiger partial charge in [0, 0.05) is 37.2 Å². The molecule has 0 saturated carbocycles. The molecule has 2 aliphatic heterocycles. The van der Waals surface area contributed by atoms with Crippen LogP contribution in [0.2, 0.25) is 5.02 Å². The summed E-state index contributed by atoms with van der Waals surface area (Å²) < 4.78 is 27.1. The predicted octanol–water partition coefficient (Wildman–Crippen LogP) is 3.47. The third-order valence-corrected chi connectivity index (χ3v) is 7.45. The van der Waals surface area contributed by atoms with Crippen LogP contribution in [-0.2, 0) is 10.0 Å². The van der Waals surface area contributed by atoms with Crippen LogP contribution < -0.4 is 0 Å². The number of hydrogen-bond donors (Lipinski definition) is 0. The van der Waals surface area contributed by atoms with Crippen molar-refractivity contribution in [2.24, 2.45) is 11.8 Å². The lowest BCUT2D eigenvalue weighted by Gasteiger charge is -2.43. The van der Waals surface area contributed by atoms with Crippen molar-refractivity contribution < 1.29 is 8.42 Å². The quantitative estimate of drug-likeness (QED) is 0.817.